The average Bonchev–Trinajstić information content (AvgIpc) is 3.51. The van der Waals surface area contributed by atoms with E-state index in [-0.39, 0.29) is 42.1 Å². The number of benzene rings is 1. The second-order valence-electron chi connectivity index (χ2n) is 8.14. The molecule has 6 atom stereocenters. The maximum atomic E-state index is 13.0. The first-order valence-electron chi connectivity index (χ1n) is 10.2. The molecule has 5 aliphatic rings. The molecule has 0 spiro atoms. The molecular formula is C23H21ClN2O4. The highest BCUT2D eigenvalue weighted by Gasteiger charge is 2.67. The highest BCUT2D eigenvalue weighted by atomic mass is 35.5. The average molecular weight is 425 g/mol. The van der Waals surface area contributed by atoms with E-state index in [9.17, 15) is 9.59 Å². The highest BCUT2D eigenvalue weighted by molar-refractivity contribution is 6.32. The Morgan fingerprint density at radius 3 is 2.47 bits per heavy atom. The van der Waals surface area contributed by atoms with Gasteiger partial charge in [0.25, 0.3) is 11.8 Å². The molecule has 2 amide bonds. The molecule has 7 heteroatoms. The highest BCUT2D eigenvalue weighted by Crippen LogP contribution is 2.65. The first-order valence-corrected chi connectivity index (χ1v) is 10.6. The lowest BCUT2D eigenvalue weighted by Crippen LogP contribution is -2.40. The summed E-state index contributed by atoms with van der Waals surface area (Å²) in [5, 5.41) is 5.60. The number of halogens is 1. The van der Waals surface area contributed by atoms with Crippen molar-refractivity contribution in [2.75, 3.05) is 13.2 Å². The molecule has 0 aromatic heterocycles. The van der Waals surface area contributed by atoms with Gasteiger partial charge < -0.3 is 9.47 Å². The Morgan fingerprint density at radius 2 is 1.87 bits per heavy atom. The lowest BCUT2D eigenvalue weighted by Gasteiger charge is -2.37. The van der Waals surface area contributed by atoms with Crippen LogP contribution in [0.4, 0.5) is 0 Å². The molecule has 6 rings (SSSR count). The number of imide groups is 1. The Labute approximate surface area is 179 Å². The third-order valence-corrected chi connectivity index (χ3v) is 6.87. The van der Waals surface area contributed by atoms with Crippen molar-refractivity contribution in [1.82, 2.24) is 5.01 Å². The van der Waals surface area contributed by atoms with Crippen LogP contribution >= 0.6 is 11.6 Å². The Bertz CT molecular complexity index is 991. The van der Waals surface area contributed by atoms with E-state index in [1.807, 2.05) is 6.92 Å². The summed E-state index contributed by atoms with van der Waals surface area (Å²) in [6, 6.07) is 3.33. The fourth-order valence-electron chi connectivity index (χ4n) is 5.36. The van der Waals surface area contributed by atoms with Gasteiger partial charge in [-0.2, -0.15) is 10.1 Å². The van der Waals surface area contributed by atoms with Gasteiger partial charge in [0.15, 0.2) is 11.5 Å². The van der Waals surface area contributed by atoms with Crippen molar-refractivity contribution in [3.8, 4) is 23.8 Å². The van der Waals surface area contributed by atoms with Crippen molar-refractivity contribution < 1.29 is 19.1 Å². The van der Waals surface area contributed by atoms with E-state index >= 15 is 0 Å². The third-order valence-electron chi connectivity index (χ3n) is 6.59. The number of terminal acetylenes is 1. The van der Waals surface area contributed by atoms with E-state index in [1.54, 1.807) is 12.1 Å². The molecule has 0 radical (unpaired) electrons. The molecule has 2 saturated carbocycles. The molecule has 0 unspecified atom stereocenters. The van der Waals surface area contributed by atoms with Crippen LogP contribution in [0, 0.1) is 47.9 Å². The summed E-state index contributed by atoms with van der Waals surface area (Å²) in [6.07, 6.45) is 12.1. The van der Waals surface area contributed by atoms with Gasteiger partial charge in [-0.25, -0.2) is 0 Å². The molecule has 3 fully saturated rings. The predicted molar refractivity (Wildman–Crippen MR) is 111 cm³/mol. The number of allylic oxidation sites excluding steroid dienone is 2. The largest absolute Gasteiger partial charge is 0.490 e. The number of carbonyl (C=O) groups excluding carboxylic acids is 2. The minimum absolute atomic E-state index is 0.0607. The van der Waals surface area contributed by atoms with Crippen molar-refractivity contribution >= 4 is 29.6 Å². The summed E-state index contributed by atoms with van der Waals surface area (Å²) < 4.78 is 11.1. The maximum Gasteiger partial charge on any atom is 0.254 e. The summed E-state index contributed by atoms with van der Waals surface area (Å²) in [6.45, 7) is 2.31. The SMILES string of the molecule is C#CCOc1c(Cl)cc(/C=N\N2C(=O)[C@H]3[C@@H]4C=C[C@H]([C@@H]5C[C@H]45)[C@@H]3C2=O)cc1OCC. The number of rotatable bonds is 6. The molecule has 6 nitrogen and oxygen atoms in total. The lowest BCUT2D eigenvalue weighted by molar-refractivity contribution is -0.140. The van der Waals surface area contributed by atoms with E-state index in [0.29, 0.717) is 40.5 Å². The molecular weight excluding hydrogens is 404 g/mol. The smallest absolute Gasteiger partial charge is 0.254 e. The van der Waals surface area contributed by atoms with Crippen molar-refractivity contribution in [2.45, 2.75) is 13.3 Å². The number of amides is 2. The van der Waals surface area contributed by atoms with E-state index in [1.165, 1.54) is 6.21 Å². The fraction of sp³-hybridized carbons (Fsp3) is 0.435. The number of nitrogens with zero attached hydrogens (tertiary/aromatic N) is 2. The monoisotopic (exact) mass is 424 g/mol. The zero-order valence-corrected chi connectivity index (χ0v) is 17.2. The normalized spacial score (nSPS) is 32.9. The molecule has 2 bridgehead atoms. The van der Waals surface area contributed by atoms with Gasteiger partial charge in [0.2, 0.25) is 0 Å². The van der Waals surface area contributed by atoms with Gasteiger partial charge in [-0.05, 0) is 54.7 Å². The maximum absolute atomic E-state index is 13.0. The van der Waals surface area contributed by atoms with Crippen LogP contribution in [0.3, 0.4) is 0 Å². The van der Waals surface area contributed by atoms with Crippen molar-refractivity contribution in [1.29, 1.82) is 0 Å². The van der Waals surface area contributed by atoms with Gasteiger partial charge >= 0.3 is 0 Å². The molecule has 1 heterocycles. The quantitative estimate of drug-likeness (QED) is 0.304. The van der Waals surface area contributed by atoms with E-state index in [2.05, 4.69) is 23.2 Å². The van der Waals surface area contributed by atoms with Crippen LogP contribution in [0.2, 0.25) is 5.02 Å². The summed E-state index contributed by atoms with van der Waals surface area (Å²) >= 11 is 6.33. The summed E-state index contributed by atoms with van der Waals surface area (Å²) in [5.41, 5.74) is 0.593. The molecule has 1 saturated heterocycles. The number of hydrazone groups is 1. The van der Waals surface area contributed by atoms with Crippen LogP contribution in [0.25, 0.3) is 0 Å². The van der Waals surface area contributed by atoms with Gasteiger partial charge in [0, 0.05) is 0 Å². The van der Waals surface area contributed by atoms with Crippen LogP contribution in [-0.4, -0.2) is 36.3 Å². The predicted octanol–water partition coefficient (Wildman–Crippen LogP) is 3.14. The van der Waals surface area contributed by atoms with Crippen LogP contribution in [0.15, 0.2) is 29.4 Å². The van der Waals surface area contributed by atoms with Crippen molar-refractivity contribution in [3.63, 3.8) is 0 Å². The minimum atomic E-state index is -0.268. The molecule has 154 valence electrons. The zero-order valence-electron chi connectivity index (χ0n) is 16.5. The van der Waals surface area contributed by atoms with Crippen molar-refractivity contribution in [2.24, 2.45) is 40.6 Å². The Hall–Kier alpha value is -2.78. The summed E-state index contributed by atoms with van der Waals surface area (Å²) in [7, 11) is 0. The minimum Gasteiger partial charge on any atom is -0.490 e. The van der Waals surface area contributed by atoms with Gasteiger partial charge in [-0.15, -0.1) is 6.42 Å². The summed E-state index contributed by atoms with van der Waals surface area (Å²) in [4.78, 5) is 26.0. The molecule has 1 aromatic carbocycles. The van der Waals surface area contributed by atoms with Gasteiger partial charge in [0.1, 0.15) is 6.61 Å². The van der Waals surface area contributed by atoms with Crippen LogP contribution in [-0.2, 0) is 9.59 Å². The van der Waals surface area contributed by atoms with E-state index in [4.69, 9.17) is 27.5 Å². The van der Waals surface area contributed by atoms with Crippen molar-refractivity contribution in [3.05, 3.63) is 34.9 Å². The van der Waals surface area contributed by atoms with Gasteiger partial charge in [0.05, 0.1) is 29.7 Å². The number of carbonyl (C=O) groups is 2. The topological polar surface area (TPSA) is 68.2 Å². The second kappa shape index (κ2) is 7.17. The van der Waals surface area contributed by atoms with Gasteiger partial charge in [-0.1, -0.05) is 29.7 Å². The fourth-order valence-corrected chi connectivity index (χ4v) is 5.63. The number of hydrogen-bond donors (Lipinski definition) is 0. The first kappa shape index (κ1) is 19.2. The molecule has 1 aliphatic heterocycles. The third kappa shape index (κ3) is 2.84. The van der Waals surface area contributed by atoms with Crippen LogP contribution in [0.5, 0.6) is 11.5 Å². The van der Waals surface area contributed by atoms with E-state index < -0.39 is 0 Å². The van der Waals surface area contributed by atoms with Crippen LogP contribution < -0.4 is 9.47 Å². The first-order chi connectivity index (χ1) is 14.5. The van der Waals surface area contributed by atoms with Crippen LogP contribution in [0.1, 0.15) is 18.9 Å². The zero-order chi connectivity index (χ0) is 21.0. The molecule has 4 aliphatic carbocycles. The Balaban J connectivity index is 1.40. The van der Waals surface area contributed by atoms with Gasteiger partial charge in [-0.3, -0.25) is 9.59 Å². The lowest BCUT2D eigenvalue weighted by atomic mass is 9.63. The second-order valence-corrected chi connectivity index (χ2v) is 8.55. The molecule has 0 N–H and O–H groups in total. The Kier molecular flexibility index (Phi) is 4.59. The van der Waals surface area contributed by atoms with E-state index in [0.717, 1.165) is 11.4 Å². The number of hydrogen-bond acceptors (Lipinski definition) is 5. The molecule has 30 heavy (non-hydrogen) atoms. The number of ether oxygens (including phenoxy) is 2. The molecule has 1 aromatic rings. The summed E-state index contributed by atoms with van der Waals surface area (Å²) in [5.74, 6) is 3.71. The standard InChI is InChI=1S/C23H21ClN2O4/c1-3-7-30-21-17(24)8-12(9-18(21)29-4-2)11-25-26-22(27)19-13-5-6-14(16-10-15(13)16)20(19)23(26)28/h1,5-6,8-9,11,13-16,19-20H,4,7,10H2,2H3/b25-11-/t13-,14-,15-,16+,19+,20+/m1/s1. The Morgan fingerprint density at radius 1 is 1.20 bits per heavy atom.